The van der Waals surface area contributed by atoms with Crippen molar-refractivity contribution in [3.8, 4) is 0 Å². The molecule has 9 nitrogen and oxygen atoms in total. The molecule has 0 aliphatic heterocycles. The van der Waals surface area contributed by atoms with E-state index in [9.17, 15) is 18.0 Å². The molecule has 0 heterocycles. The number of halogens is 2. The second-order valence-electron chi connectivity index (χ2n) is 10.5. The van der Waals surface area contributed by atoms with Gasteiger partial charge >= 0.3 is 0 Å². The molecule has 0 fully saturated rings. The minimum Gasteiger partial charge on any atom is -0.346 e. The number of carbonyl (C=O) groups excluding carboxylic acids is 2. The molecule has 2 rings (SSSR count). The van der Waals surface area contributed by atoms with Crippen LogP contribution >= 0.6 is 23.2 Å². The van der Waals surface area contributed by atoms with Gasteiger partial charge in [-0.25, -0.2) is 8.42 Å². The van der Waals surface area contributed by atoms with Crippen molar-refractivity contribution in [2.24, 2.45) is 0 Å². The number of rotatable bonds is 17. The Morgan fingerprint density at radius 1 is 0.829 bits per heavy atom. The second-order valence-corrected chi connectivity index (χ2v) is 13.2. The van der Waals surface area contributed by atoms with Gasteiger partial charge in [0, 0.05) is 24.7 Å². The number of nitrogens with zero attached hydrogens (tertiary/aromatic N) is 4. The van der Waals surface area contributed by atoms with Gasteiger partial charge in [-0.05, 0) is 90.7 Å². The molecule has 0 unspecified atom stereocenters. The highest BCUT2D eigenvalue weighted by molar-refractivity contribution is 7.89. The first-order valence-electron chi connectivity index (χ1n) is 13.7. The smallest absolute Gasteiger partial charge is 0.245 e. The van der Waals surface area contributed by atoms with E-state index in [-0.39, 0.29) is 28.9 Å². The van der Waals surface area contributed by atoms with Gasteiger partial charge in [0.1, 0.15) is 4.90 Å². The fourth-order valence-electron chi connectivity index (χ4n) is 4.18. The quantitative estimate of drug-likeness (QED) is 0.289. The zero-order valence-corrected chi connectivity index (χ0v) is 27.0. The summed E-state index contributed by atoms with van der Waals surface area (Å²) in [4.78, 5) is 31.8. The summed E-state index contributed by atoms with van der Waals surface area (Å²) in [5.41, 5.74) is 1.36. The second kappa shape index (κ2) is 17.0. The van der Waals surface area contributed by atoms with Gasteiger partial charge in [0.25, 0.3) is 0 Å². The van der Waals surface area contributed by atoms with Crippen LogP contribution in [-0.4, -0.2) is 113 Å². The monoisotopic (exact) mass is 627 g/mol. The van der Waals surface area contributed by atoms with Gasteiger partial charge in [0.15, 0.2) is 0 Å². The molecule has 0 saturated heterocycles. The van der Waals surface area contributed by atoms with Crippen LogP contribution in [0.3, 0.4) is 0 Å². The molecule has 1 N–H and O–H groups in total. The molecule has 41 heavy (non-hydrogen) atoms. The lowest BCUT2D eigenvalue weighted by atomic mass is 10.1. The fourth-order valence-corrected chi connectivity index (χ4v) is 6.36. The van der Waals surface area contributed by atoms with E-state index in [1.165, 1.54) is 12.1 Å². The van der Waals surface area contributed by atoms with E-state index in [1.807, 2.05) is 58.5 Å². The van der Waals surface area contributed by atoms with Crippen LogP contribution in [0.1, 0.15) is 24.0 Å². The number of amides is 2. The van der Waals surface area contributed by atoms with Crippen LogP contribution in [0.25, 0.3) is 0 Å². The molecule has 0 atom stereocenters. The average Bonchev–Trinajstić information content (AvgIpc) is 2.91. The van der Waals surface area contributed by atoms with Crippen LogP contribution in [0.15, 0.2) is 47.4 Å². The molecule has 0 spiro atoms. The summed E-state index contributed by atoms with van der Waals surface area (Å²) in [6.45, 7) is 3.85. The summed E-state index contributed by atoms with van der Waals surface area (Å²) in [7, 11) is 3.77. The molecule has 0 aliphatic rings. The molecule has 0 saturated carbocycles. The van der Waals surface area contributed by atoms with Gasteiger partial charge in [0.2, 0.25) is 21.8 Å². The SMILES string of the molecule is Cc1c(Cl)ccc(S(=O)(=O)N(CCc2ccccc2)CC(=O)NCC(=O)N(CCCN(C)C)CCCN(C)C)c1Cl. The van der Waals surface area contributed by atoms with Crippen molar-refractivity contribution in [1.29, 1.82) is 0 Å². The standard InChI is InChI=1S/C29H43Cl2N5O4S/c1-23-25(30)13-14-26(29(23)31)41(39,40)36(20-15-24-11-7-6-8-12-24)22-27(37)32-21-28(38)35(18-9-16-33(2)3)19-10-17-34(4)5/h6-8,11-14H,9-10,15-22H2,1-5H3,(H,32,37). The summed E-state index contributed by atoms with van der Waals surface area (Å²) in [6.07, 6.45) is 2.00. The Morgan fingerprint density at radius 3 is 1.98 bits per heavy atom. The molecule has 0 radical (unpaired) electrons. The lowest BCUT2D eigenvalue weighted by Crippen LogP contribution is -2.46. The van der Waals surface area contributed by atoms with Crippen molar-refractivity contribution in [3.05, 3.63) is 63.6 Å². The van der Waals surface area contributed by atoms with Crippen molar-refractivity contribution < 1.29 is 18.0 Å². The van der Waals surface area contributed by atoms with Crippen LogP contribution in [0.2, 0.25) is 10.0 Å². The van der Waals surface area contributed by atoms with E-state index in [1.54, 1.807) is 11.8 Å². The Labute approximate surface area is 255 Å². The first kappa shape index (κ1) is 35.0. The molecule has 0 bridgehead atoms. The van der Waals surface area contributed by atoms with E-state index < -0.39 is 22.5 Å². The van der Waals surface area contributed by atoms with Crippen molar-refractivity contribution in [2.45, 2.75) is 31.1 Å². The highest BCUT2D eigenvalue weighted by atomic mass is 35.5. The molecule has 0 aliphatic carbocycles. The first-order valence-corrected chi connectivity index (χ1v) is 15.8. The summed E-state index contributed by atoms with van der Waals surface area (Å²) < 4.78 is 28.5. The van der Waals surface area contributed by atoms with Gasteiger partial charge in [0.05, 0.1) is 18.1 Å². The average molecular weight is 629 g/mol. The molecule has 2 aromatic rings. The molecule has 12 heteroatoms. The Hall–Kier alpha value is -2.21. The Kier molecular flexibility index (Phi) is 14.5. The third kappa shape index (κ3) is 11.5. The number of benzene rings is 2. The van der Waals surface area contributed by atoms with Crippen LogP contribution in [0.4, 0.5) is 0 Å². The zero-order valence-electron chi connectivity index (χ0n) is 24.7. The Morgan fingerprint density at radius 2 is 1.41 bits per heavy atom. The lowest BCUT2D eigenvalue weighted by molar-refractivity contribution is -0.133. The molecular weight excluding hydrogens is 585 g/mol. The highest BCUT2D eigenvalue weighted by Gasteiger charge is 2.30. The molecular formula is C29H43Cl2N5O4S. The predicted octanol–water partition coefficient (Wildman–Crippen LogP) is 3.38. The Bertz CT molecular complexity index is 1230. The number of carbonyl (C=O) groups is 2. The third-order valence-corrected chi connectivity index (χ3v) is 9.47. The third-order valence-electron chi connectivity index (χ3n) is 6.57. The maximum Gasteiger partial charge on any atom is 0.245 e. The zero-order chi connectivity index (χ0) is 30.6. The number of hydrogen-bond donors (Lipinski definition) is 1. The largest absolute Gasteiger partial charge is 0.346 e. The number of hydrogen-bond acceptors (Lipinski definition) is 6. The van der Waals surface area contributed by atoms with E-state index in [2.05, 4.69) is 15.1 Å². The first-order chi connectivity index (χ1) is 19.3. The summed E-state index contributed by atoms with van der Waals surface area (Å²) in [5, 5.41) is 3.00. The number of sulfonamides is 1. The summed E-state index contributed by atoms with van der Waals surface area (Å²) in [6, 6.07) is 12.2. The van der Waals surface area contributed by atoms with Crippen LogP contribution in [0.5, 0.6) is 0 Å². The topological polar surface area (TPSA) is 93.3 Å². The van der Waals surface area contributed by atoms with Gasteiger partial charge in [-0.1, -0.05) is 53.5 Å². The van der Waals surface area contributed by atoms with Crippen molar-refractivity contribution >= 4 is 45.0 Å². The van der Waals surface area contributed by atoms with Crippen molar-refractivity contribution in [3.63, 3.8) is 0 Å². The van der Waals surface area contributed by atoms with Gasteiger partial charge in [-0.2, -0.15) is 4.31 Å². The van der Waals surface area contributed by atoms with E-state index >= 15 is 0 Å². The lowest BCUT2D eigenvalue weighted by Gasteiger charge is -2.25. The molecule has 228 valence electrons. The number of nitrogens with one attached hydrogen (secondary N) is 1. The normalized spacial score (nSPS) is 11.9. The van der Waals surface area contributed by atoms with Crippen LogP contribution in [-0.2, 0) is 26.0 Å². The van der Waals surface area contributed by atoms with Crippen LogP contribution in [0, 0.1) is 6.92 Å². The van der Waals surface area contributed by atoms with Crippen molar-refractivity contribution in [1.82, 2.24) is 24.3 Å². The maximum absolute atomic E-state index is 13.7. The van der Waals surface area contributed by atoms with Crippen LogP contribution < -0.4 is 5.32 Å². The van der Waals surface area contributed by atoms with E-state index in [0.717, 1.165) is 35.8 Å². The fraction of sp³-hybridized carbons (Fsp3) is 0.517. The van der Waals surface area contributed by atoms with E-state index in [0.29, 0.717) is 30.1 Å². The summed E-state index contributed by atoms with van der Waals surface area (Å²) in [5.74, 6) is -0.774. The maximum atomic E-state index is 13.7. The van der Waals surface area contributed by atoms with Crippen molar-refractivity contribution in [2.75, 3.05) is 74.0 Å². The Balaban J connectivity index is 2.15. The van der Waals surface area contributed by atoms with Gasteiger partial charge in [-0.3, -0.25) is 9.59 Å². The minimum absolute atomic E-state index is 0.0175. The summed E-state index contributed by atoms with van der Waals surface area (Å²) >= 11 is 12.5. The van der Waals surface area contributed by atoms with Gasteiger partial charge in [-0.15, -0.1) is 0 Å². The predicted molar refractivity (Wildman–Crippen MR) is 166 cm³/mol. The molecule has 2 aromatic carbocycles. The highest BCUT2D eigenvalue weighted by Crippen LogP contribution is 2.32. The minimum atomic E-state index is -4.15. The van der Waals surface area contributed by atoms with Gasteiger partial charge < -0.3 is 20.0 Å². The molecule has 0 aromatic heterocycles. The van der Waals surface area contributed by atoms with E-state index in [4.69, 9.17) is 23.2 Å². The molecule has 2 amide bonds.